The number of halogens is 1. The summed E-state index contributed by atoms with van der Waals surface area (Å²) in [7, 11) is 0. The molecule has 0 spiro atoms. The van der Waals surface area contributed by atoms with Gasteiger partial charge in [-0.3, -0.25) is 19.4 Å². The van der Waals surface area contributed by atoms with Gasteiger partial charge in [-0.25, -0.2) is 29.9 Å². The van der Waals surface area contributed by atoms with Crippen molar-refractivity contribution in [2.24, 2.45) is 0 Å². The van der Waals surface area contributed by atoms with Crippen LogP contribution in [-0.4, -0.2) is 129 Å². The number of nitrogens with zero attached hydrogens (tertiary/aromatic N) is 11. The summed E-state index contributed by atoms with van der Waals surface area (Å²) in [6, 6.07) is 7.92. The van der Waals surface area contributed by atoms with E-state index in [0.29, 0.717) is 49.9 Å². The molecule has 0 saturated carbocycles. The lowest BCUT2D eigenvalue weighted by molar-refractivity contribution is -0.123. The summed E-state index contributed by atoms with van der Waals surface area (Å²) in [6.07, 6.45) is 5.89. The molecule has 55 heavy (non-hydrogen) atoms. The molecule has 4 aromatic heterocycles. The molecule has 2 aliphatic heterocycles. The molecule has 2 aliphatic rings. The van der Waals surface area contributed by atoms with Gasteiger partial charge >= 0.3 is 0 Å². The quantitative estimate of drug-likeness (QED) is 0.137. The summed E-state index contributed by atoms with van der Waals surface area (Å²) in [4.78, 5) is 55.2. The molecule has 2 saturated heterocycles. The van der Waals surface area contributed by atoms with Gasteiger partial charge in [-0.1, -0.05) is 34.3 Å². The second kappa shape index (κ2) is 22.3. The van der Waals surface area contributed by atoms with Gasteiger partial charge in [-0.2, -0.15) is 10.5 Å². The van der Waals surface area contributed by atoms with E-state index in [-0.39, 0.29) is 23.9 Å². The fourth-order valence-electron chi connectivity index (χ4n) is 5.12. The Hall–Kier alpha value is -5.09. The van der Waals surface area contributed by atoms with Crippen LogP contribution in [0.5, 0.6) is 0 Å². The first-order chi connectivity index (χ1) is 26.5. The number of nitrogens with one attached hydrogen (secondary N) is 5. The molecule has 0 bridgehead atoms. The SMILES string of the molecule is CC(C)NC(=O)CN1CCN(c2cc(Nc3ncc(C#N)s3)ncn2)CC1.CC(C)NC(=O)CN1CCNCC1.N#Cc1cnc(Nc2cc(Cl)ncn2)s1. The standard InChI is InChI=1S/C17H22N8OS.C9H19N3O.C8H4ClN5S/c1-12(2)22-16(26)10-24-3-5-25(6-4-24)15-7-14(20-11-21-15)23-17-19-9-13(8-18)27-17;1-8(2)11-9(13)7-12-5-3-10-4-6-12;9-6-1-7(13-4-12-6)14-8-11-3-5(2-10)15-8/h7,9,11-12H,3-6,10H2,1-2H3,(H,22,26)(H,19,20,21,23);8,10H,3-7H2,1-2H3,(H,11,13);1,3-4H,(H,11,12,13,14). The third-order valence-corrected chi connectivity index (χ3v) is 9.37. The monoisotopic (exact) mass is 808 g/mol. The number of hydrogen-bond acceptors (Lipinski definition) is 18. The maximum absolute atomic E-state index is 11.9. The number of hydrogen-bond donors (Lipinski definition) is 5. The average Bonchev–Trinajstić information content (AvgIpc) is 3.81. The summed E-state index contributed by atoms with van der Waals surface area (Å²) >= 11 is 8.21. The van der Waals surface area contributed by atoms with Crippen LogP contribution in [0.2, 0.25) is 5.15 Å². The number of rotatable bonds is 11. The minimum absolute atomic E-state index is 0.0622. The molecule has 21 heteroatoms. The molecule has 0 radical (unpaired) electrons. The highest BCUT2D eigenvalue weighted by molar-refractivity contribution is 7.16. The lowest BCUT2D eigenvalue weighted by atomic mass is 10.3. The Morgan fingerprint density at radius 1 is 0.745 bits per heavy atom. The zero-order chi connectivity index (χ0) is 39.6. The van der Waals surface area contributed by atoms with Crippen molar-refractivity contribution in [3.8, 4) is 12.1 Å². The number of amides is 2. The molecular formula is C34H45ClN16O2S2. The van der Waals surface area contributed by atoms with E-state index >= 15 is 0 Å². The number of anilines is 5. The maximum atomic E-state index is 11.9. The van der Waals surface area contributed by atoms with Crippen molar-refractivity contribution >= 4 is 73.8 Å². The van der Waals surface area contributed by atoms with E-state index in [1.807, 2.05) is 39.8 Å². The van der Waals surface area contributed by atoms with Crippen LogP contribution in [0.3, 0.4) is 0 Å². The highest BCUT2D eigenvalue weighted by Gasteiger charge is 2.21. The highest BCUT2D eigenvalue weighted by atomic mass is 35.5. The second-order valence-corrected chi connectivity index (χ2v) is 15.2. The molecular weight excluding hydrogens is 764 g/mol. The minimum atomic E-state index is 0.0622. The molecule has 6 heterocycles. The summed E-state index contributed by atoms with van der Waals surface area (Å²) in [5.41, 5.74) is 0. The van der Waals surface area contributed by atoms with Crippen LogP contribution < -0.4 is 31.5 Å². The van der Waals surface area contributed by atoms with E-state index < -0.39 is 0 Å². The van der Waals surface area contributed by atoms with Crippen LogP contribution in [0, 0.1) is 22.7 Å². The Balaban J connectivity index is 0.000000202. The topological polar surface area (TPSA) is 229 Å². The normalized spacial score (nSPS) is 14.4. The number of aromatic nitrogens is 6. The molecule has 5 N–H and O–H groups in total. The first-order valence-electron chi connectivity index (χ1n) is 17.5. The largest absolute Gasteiger partial charge is 0.354 e. The number of carbonyl (C=O) groups is 2. The Bertz CT molecular complexity index is 1900. The Kier molecular flexibility index (Phi) is 17.3. The Morgan fingerprint density at radius 3 is 1.71 bits per heavy atom. The van der Waals surface area contributed by atoms with Crippen molar-refractivity contribution in [2.45, 2.75) is 39.8 Å². The van der Waals surface area contributed by atoms with E-state index in [0.717, 1.165) is 58.2 Å². The van der Waals surface area contributed by atoms with Crippen molar-refractivity contribution in [1.82, 2.24) is 55.7 Å². The van der Waals surface area contributed by atoms with Crippen LogP contribution in [-0.2, 0) is 9.59 Å². The van der Waals surface area contributed by atoms with E-state index in [1.165, 1.54) is 47.7 Å². The molecule has 0 aromatic carbocycles. The van der Waals surface area contributed by atoms with Crippen molar-refractivity contribution in [2.75, 3.05) is 81.0 Å². The van der Waals surface area contributed by atoms with Crippen molar-refractivity contribution in [1.29, 1.82) is 10.5 Å². The molecule has 0 atom stereocenters. The predicted octanol–water partition coefficient (Wildman–Crippen LogP) is 2.81. The zero-order valence-corrected chi connectivity index (χ0v) is 33.5. The van der Waals surface area contributed by atoms with Crippen LogP contribution in [0.15, 0.2) is 37.2 Å². The van der Waals surface area contributed by atoms with Gasteiger partial charge in [0.25, 0.3) is 0 Å². The van der Waals surface area contributed by atoms with Crippen LogP contribution in [0.1, 0.15) is 37.4 Å². The molecule has 0 aliphatic carbocycles. The van der Waals surface area contributed by atoms with Crippen molar-refractivity contribution in [3.05, 3.63) is 52.1 Å². The number of piperazine rings is 2. The van der Waals surface area contributed by atoms with Crippen LogP contribution >= 0.6 is 34.3 Å². The summed E-state index contributed by atoms with van der Waals surface area (Å²) in [6.45, 7) is 16.0. The number of nitriles is 2. The van der Waals surface area contributed by atoms with Gasteiger partial charge in [0.05, 0.1) is 25.5 Å². The molecule has 2 amide bonds. The zero-order valence-electron chi connectivity index (χ0n) is 31.1. The van der Waals surface area contributed by atoms with Gasteiger partial charge < -0.3 is 31.5 Å². The van der Waals surface area contributed by atoms with E-state index in [4.69, 9.17) is 22.1 Å². The summed E-state index contributed by atoms with van der Waals surface area (Å²) in [5, 5.41) is 34.2. The molecule has 2 fully saturated rings. The van der Waals surface area contributed by atoms with Gasteiger partial charge in [0.15, 0.2) is 10.3 Å². The van der Waals surface area contributed by atoms with Gasteiger partial charge in [-0.15, -0.1) is 0 Å². The number of carbonyl (C=O) groups excluding carboxylic acids is 2. The fraction of sp³-hybridized carbons (Fsp3) is 0.471. The second-order valence-electron chi connectivity index (χ2n) is 12.8. The molecule has 18 nitrogen and oxygen atoms in total. The average molecular weight is 809 g/mol. The van der Waals surface area contributed by atoms with E-state index in [1.54, 1.807) is 6.07 Å². The van der Waals surface area contributed by atoms with E-state index in [9.17, 15) is 9.59 Å². The van der Waals surface area contributed by atoms with Gasteiger partial charge in [-0.05, 0) is 27.7 Å². The van der Waals surface area contributed by atoms with Gasteiger partial charge in [0.2, 0.25) is 11.8 Å². The summed E-state index contributed by atoms with van der Waals surface area (Å²) < 4.78 is 0. The third kappa shape index (κ3) is 15.7. The van der Waals surface area contributed by atoms with Gasteiger partial charge in [0, 0.05) is 76.6 Å². The van der Waals surface area contributed by atoms with Crippen LogP contribution in [0.25, 0.3) is 0 Å². The fourth-order valence-corrected chi connectivity index (χ4v) is 6.51. The highest BCUT2D eigenvalue weighted by Crippen LogP contribution is 2.23. The van der Waals surface area contributed by atoms with E-state index in [2.05, 4.69) is 77.3 Å². The number of thiazole rings is 2. The lowest BCUT2D eigenvalue weighted by Crippen LogP contribution is -2.50. The third-order valence-electron chi connectivity index (χ3n) is 7.53. The first-order valence-corrected chi connectivity index (χ1v) is 19.5. The summed E-state index contributed by atoms with van der Waals surface area (Å²) in [5.74, 6) is 2.21. The van der Waals surface area contributed by atoms with Crippen LogP contribution in [0.4, 0.5) is 27.7 Å². The lowest BCUT2D eigenvalue weighted by Gasteiger charge is -2.35. The van der Waals surface area contributed by atoms with Crippen molar-refractivity contribution in [3.63, 3.8) is 0 Å². The van der Waals surface area contributed by atoms with Gasteiger partial charge in [0.1, 0.15) is 57.2 Å². The first kappa shape index (κ1) is 42.6. The predicted molar refractivity (Wildman–Crippen MR) is 214 cm³/mol. The molecule has 0 unspecified atom stereocenters. The minimum Gasteiger partial charge on any atom is -0.354 e. The Labute approximate surface area is 333 Å². The maximum Gasteiger partial charge on any atom is 0.234 e. The molecule has 6 rings (SSSR count). The molecule has 4 aromatic rings. The molecule has 292 valence electrons. The smallest absolute Gasteiger partial charge is 0.234 e. The Morgan fingerprint density at radius 2 is 1.24 bits per heavy atom. The van der Waals surface area contributed by atoms with Crippen molar-refractivity contribution < 1.29 is 9.59 Å².